The number of thioether (sulfide) groups is 1. The third kappa shape index (κ3) is 4.43. The van der Waals surface area contributed by atoms with Gasteiger partial charge in [0.15, 0.2) is 0 Å². The Kier molecular flexibility index (Phi) is 6.10. The van der Waals surface area contributed by atoms with Gasteiger partial charge in [-0.25, -0.2) is 0 Å². The van der Waals surface area contributed by atoms with Crippen LogP contribution in [0.1, 0.15) is 22.5 Å². The van der Waals surface area contributed by atoms with E-state index < -0.39 is 0 Å². The summed E-state index contributed by atoms with van der Waals surface area (Å²) in [4.78, 5) is 26.9. The number of hydrogen-bond acceptors (Lipinski definition) is 5. The molecule has 4 rings (SSSR count). The molecule has 32 heavy (non-hydrogen) atoms. The van der Waals surface area contributed by atoms with E-state index in [9.17, 15) is 14.7 Å². The van der Waals surface area contributed by atoms with E-state index in [-0.39, 0.29) is 30.0 Å². The highest BCUT2D eigenvalue weighted by Crippen LogP contribution is 2.33. The predicted molar refractivity (Wildman–Crippen MR) is 126 cm³/mol. The average molecular weight is 449 g/mol. The van der Waals surface area contributed by atoms with E-state index in [0.29, 0.717) is 10.7 Å². The molecule has 1 aromatic heterocycles. The maximum absolute atomic E-state index is 12.8. The lowest BCUT2D eigenvalue weighted by atomic mass is 10.2. The summed E-state index contributed by atoms with van der Waals surface area (Å²) in [5.41, 5.74) is 4.86. The van der Waals surface area contributed by atoms with Gasteiger partial charge in [0.2, 0.25) is 0 Å². The number of carbonyl (C=O) groups is 2. The zero-order valence-electron chi connectivity index (χ0n) is 18.2. The first kappa shape index (κ1) is 21.8. The summed E-state index contributed by atoms with van der Waals surface area (Å²) >= 11 is 0.947. The van der Waals surface area contributed by atoms with Gasteiger partial charge in [-0.15, -0.1) is 0 Å². The first-order chi connectivity index (χ1) is 15.3. The molecular weight excluding hydrogens is 424 g/mol. The standard InChI is InChI=1S/C25H24N2O4S/c1-16-4-10-22(11-5-16)31-13-12-26-24(29)23(32-25(26)30)15-19-14-17(2)27(18(19)3)20-6-8-21(28)9-7-20/h4-11,14-15,28H,12-13H2,1-3H3/b23-15-. The number of aromatic nitrogens is 1. The molecule has 2 amide bonds. The smallest absolute Gasteiger partial charge is 0.293 e. The zero-order chi connectivity index (χ0) is 22.8. The molecule has 6 nitrogen and oxygen atoms in total. The SMILES string of the molecule is Cc1ccc(OCCN2C(=O)S/C(=C\c3cc(C)n(-c4ccc(O)cc4)c3C)C2=O)cc1. The summed E-state index contributed by atoms with van der Waals surface area (Å²) < 4.78 is 7.72. The molecule has 3 aromatic rings. The number of benzene rings is 2. The number of amides is 2. The van der Waals surface area contributed by atoms with Crippen LogP contribution in [-0.4, -0.2) is 38.9 Å². The van der Waals surface area contributed by atoms with Gasteiger partial charge in [-0.05, 0) is 86.6 Å². The van der Waals surface area contributed by atoms with E-state index in [4.69, 9.17) is 4.74 Å². The third-order valence-electron chi connectivity index (χ3n) is 5.34. The molecule has 0 radical (unpaired) electrons. The lowest BCUT2D eigenvalue weighted by molar-refractivity contribution is -0.123. The average Bonchev–Trinajstić information content (AvgIpc) is 3.19. The van der Waals surface area contributed by atoms with Crippen molar-refractivity contribution in [1.82, 2.24) is 9.47 Å². The molecule has 2 aromatic carbocycles. The Morgan fingerprint density at radius 2 is 1.69 bits per heavy atom. The second-order valence-corrected chi connectivity index (χ2v) is 8.67. The molecule has 0 atom stereocenters. The highest BCUT2D eigenvalue weighted by molar-refractivity contribution is 8.18. The van der Waals surface area contributed by atoms with E-state index in [1.807, 2.05) is 67.8 Å². The number of aryl methyl sites for hydroxylation is 2. The minimum absolute atomic E-state index is 0.197. The first-order valence-electron chi connectivity index (χ1n) is 10.3. The lowest BCUT2D eigenvalue weighted by Crippen LogP contribution is -2.32. The van der Waals surface area contributed by atoms with Crippen LogP contribution in [0.15, 0.2) is 59.5 Å². The van der Waals surface area contributed by atoms with Crippen LogP contribution in [0.2, 0.25) is 0 Å². The van der Waals surface area contributed by atoms with Crippen LogP contribution in [0.25, 0.3) is 11.8 Å². The normalized spacial score (nSPS) is 15.1. The van der Waals surface area contributed by atoms with Crippen LogP contribution in [-0.2, 0) is 4.79 Å². The van der Waals surface area contributed by atoms with Gasteiger partial charge in [-0.3, -0.25) is 14.5 Å². The molecule has 0 unspecified atom stereocenters. The fraction of sp³-hybridized carbons (Fsp3) is 0.200. The Labute approximate surface area is 191 Å². The fourth-order valence-electron chi connectivity index (χ4n) is 3.66. The van der Waals surface area contributed by atoms with Crippen molar-refractivity contribution in [2.24, 2.45) is 0 Å². The number of nitrogens with zero attached hydrogens (tertiary/aromatic N) is 2. The van der Waals surface area contributed by atoms with E-state index in [1.165, 1.54) is 4.90 Å². The summed E-state index contributed by atoms with van der Waals surface area (Å²) in [7, 11) is 0. The number of rotatable bonds is 6. The number of imide groups is 1. The van der Waals surface area contributed by atoms with Gasteiger partial charge in [-0.1, -0.05) is 17.7 Å². The van der Waals surface area contributed by atoms with Crippen molar-refractivity contribution in [3.05, 3.63) is 82.0 Å². The van der Waals surface area contributed by atoms with Gasteiger partial charge in [-0.2, -0.15) is 0 Å². The summed E-state index contributed by atoms with van der Waals surface area (Å²) in [5, 5.41) is 9.26. The molecule has 7 heteroatoms. The topological polar surface area (TPSA) is 71.8 Å². The molecule has 0 saturated carbocycles. The molecule has 1 fully saturated rings. The highest BCUT2D eigenvalue weighted by atomic mass is 32.2. The number of ether oxygens (including phenoxy) is 1. The Balaban J connectivity index is 1.48. The fourth-order valence-corrected chi connectivity index (χ4v) is 4.51. The number of phenolic OH excluding ortho intramolecular Hbond substituents is 1. The largest absolute Gasteiger partial charge is 0.508 e. The van der Waals surface area contributed by atoms with E-state index in [0.717, 1.165) is 40.0 Å². The van der Waals surface area contributed by atoms with Crippen molar-refractivity contribution in [2.45, 2.75) is 20.8 Å². The molecule has 1 aliphatic rings. The van der Waals surface area contributed by atoms with Crippen LogP contribution in [0, 0.1) is 20.8 Å². The summed E-state index contributed by atoms with van der Waals surface area (Å²) in [5.74, 6) is 0.609. The molecule has 0 spiro atoms. The van der Waals surface area contributed by atoms with E-state index in [1.54, 1.807) is 18.2 Å². The summed E-state index contributed by atoms with van der Waals surface area (Å²) in [6.45, 7) is 6.38. The lowest BCUT2D eigenvalue weighted by Gasteiger charge is -2.13. The molecule has 1 N–H and O–H groups in total. The maximum Gasteiger partial charge on any atom is 0.293 e. The molecule has 2 heterocycles. The van der Waals surface area contributed by atoms with Crippen molar-refractivity contribution in [3.63, 3.8) is 0 Å². The number of hydrogen-bond donors (Lipinski definition) is 1. The van der Waals surface area contributed by atoms with Crippen LogP contribution in [0.4, 0.5) is 4.79 Å². The van der Waals surface area contributed by atoms with E-state index >= 15 is 0 Å². The number of carbonyl (C=O) groups excluding carboxylic acids is 2. The molecule has 1 aliphatic heterocycles. The van der Waals surface area contributed by atoms with Crippen molar-refractivity contribution in [1.29, 1.82) is 0 Å². The van der Waals surface area contributed by atoms with Gasteiger partial charge < -0.3 is 14.4 Å². The quantitative estimate of drug-likeness (QED) is 0.523. The highest BCUT2D eigenvalue weighted by Gasteiger charge is 2.35. The Hall–Kier alpha value is -3.45. The van der Waals surface area contributed by atoms with Gasteiger partial charge >= 0.3 is 0 Å². The second-order valence-electron chi connectivity index (χ2n) is 7.67. The first-order valence-corrected chi connectivity index (χ1v) is 11.1. The van der Waals surface area contributed by atoms with Crippen molar-refractivity contribution < 1.29 is 19.4 Å². The van der Waals surface area contributed by atoms with Crippen LogP contribution in [0.3, 0.4) is 0 Å². The predicted octanol–water partition coefficient (Wildman–Crippen LogP) is 5.22. The molecule has 0 bridgehead atoms. The van der Waals surface area contributed by atoms with E-state index in [2.05, 4.69) is 0 Å². The number of aromatic hydroxyl groups is 1. The molecule has 164 valence electrons. The molecule has 0 aliphatic carbocycles. The van der Waals surface area contributed by atoms with Gasteiger partial charge in [0.1, 0.15) is 18.1 Å². The Morgan fingerprint density at radius 1 is 1.00 bits per heavy atom. The summed E-state index contributed by atoms with van der Waals surface area (Å²) in [6, 6.07) is 16.6. The van der Waals surface area contributed by atoms with Gasteiger partial charge in [0, 0.05) is 17.1 Å². The van der Waals surface area contributed by atoms with Crippen LogP contribution < -0.4 is 4.74 Å². The number of phenols is 1. The second kappa shape index (κ2) is 8.96. The van der Waals surface area contributed by atoms with Crippen molar-refractivity contribution in [3.8, 4) is 17.2 Å². The minimum Gasteiger partial charge on any atom is -0.508 e. The molecule has 1 saturated heterocycles. The Bertz CT molecular complexity index is 1190. The van der Waals surface area contributed by atoms with Crippen LogP contribution in [0.5, 0.6) is 11.5 Å². The zero-order valence-corrected chi connectivity index (χ0v) is 19.0. The minimum atomic E-state index is -0.304. The Morgan fingerprint density at radius 3 is 2.38 bits per heavy atom. The monoisotopic (exact) mass is 448 g/mol. The van der Waals surface area contributed by atoms with Crippen molar-refractivity contribution in [2.75, 3.05) is 13.2 Å². The van der Waals surface area contributed by atoms with Crippen molar-refractivity contribution >= 4 is 29.0 Å². The third-order valence-corrected chi connectivity index (χ3v) is 6.25. The van der Waals surface area contributed by atoms with Gasteiger partial charge in [0.25, 0.3) is 11.1 Å². The van der Waals surface area contributed by atoms with Crippen LogP contribution >= 0.6 is 11.8 Å². The maximum atomic E-state index is 12.8. The summed E-state index contributed by atoms with van der Waals surface area (Å²) in [6.07, 6.45) is 1.77. The molecular formula is C25H24N2O4S. The van der Waals surface area contributed by atoms with Gasteiger partial charge in [0.05, 0.1) is 11.4 Å².